The summed E-state index contributed by atoms with van der Waals surface area (Å²) in [7, 11) is 1.66. The van der Waals surface area contributed by atoms with Crippen LogP contribution in [-0.4, -0.2) is 32.3 Å². The third-order valence-electron chi connectivity index (χ3n) is 1.62. The first-order chi connectivity index (χ1) is 6.44. The lowest BCUT2D eigenvalue weighted by atomic mass is 10.1. The van der Waals surface area contributed by atoms with Crippen LogP contribution in [0.2, 0.25) is 0 Å². The van der Waals surface area contributed by atoms with E-state index in [1.165, 1.54) is 11.0 Å². The summed E-state index contributed by atoms with van der Waals surface area (Å²) < 4.78 is 0. The van der Waals surface area contributed by atoms with Crippen molar-refractivity contribution >= 4 is 17.5 Å². The van der Waals surface area contributed by atoms with E-state index in [4.69, 9.17) is 11.6 Å². The SMILES string of the molecule is Cn1ncc(C(=O)NC(C)(C)CCl)n1. The molecule has 14 heavy (non-hydrogen) atoms. The zero-order valence-corrected chi connectivity index (χ0v) is 9.17. The first-order valence-electron chi connectivity index (χ1n) is 4.19. The molecule has 0 aliphatic rings. The molecule has 1 N–H and O–H groups in total. The Hall–Kier alpha value is -1.10. The first kappa shape index (κ1) is 11.0. The molecule has 1 amide bonds. The molecule has 1 rings (SSSR count). The lowest BCUT2D eigenvalue weighted by molar-refractivity contribution is 0.0914. The number of aromatic nitrogens is 3. The van der Waals surface area contributed by atoms with Crippen molar-refractivity contribution in [1.29, 1.82) is 0 Å². The van der Waals surface area contributed by atoms with Gasteiger partial charge in [0, 0.05) is 18.5 Å². The molecule has 1 heterocycles. The highest BCUT2D eigenvalue weighted by Crippen LogP contribution is 2.05. The number of carbonyl (C=O) groups excluding carboxylic acids is 1. The minimum absolute atomic E-state index is 0.260. The normalized spacial score (nSPS) is 11.4. The third-order valence-corrected chi connectivity index (χ3v) is 2.29. The maximum absolute atomic E-state index is 11.5. The molecular weight excluding hydrogens is 204 g/mol. The van der Waals surface area contributed by atoms with E-state index in [2.05, 4.69) is 15.5 Å². The highest BCUT2D eigenvalue weighted by Gasteiger charge is 2.21. The number of hydrogen-bond donors (Lipinski definition) is 1. The zero-order chi connectivity index (χ0) is 10.8. The van der Waals surface area contributed by atoms with Gasteiger partial charge in [-0.2, -0.15) is 9.90 Å². The van der Waals surface area contributed by atoms with Gasteiger partial charge in [-0.3, -0.25) is 4.79 Å². The third kappa shape index (κ3) is 2.70. The number of aryl methyl sites for hydroxylation is 1. The second-order valence-electron chi connectivity index (χ2n) is 3.69. The summed E-state index contributed by atoms with van der Waals surface area (Å²) in [4.78, 5) is 12.9. The van der Waals surface area contributed by atoms with Crippen molar-refractivity contribution in [3.63, 3.8) is 0 Å². The Morgan fingerprint density at radius 1 is 1.71 bits per heavy atom. The van der Waals surface area contributed by atoms with E-state index in [9.17, 15) is 4.79 Å². The maximum atomic E-state index is 11.5. The second-order valence-corrected chi connectivity index (χ2v) is 3.96. The summed E-state index contributed by atoms with van der Waals surface area (Å²) in [5.74, 6) is 0.0858. The van der Waals surface area contributed by atoms with Gasteiger partial charge in [0.1, 0.15) is 0 Å². The number of nitrogens with one attached hydrogen (secondary N) is 1. The van der Waals surface area contributed by atoms with E-state index in [1.54, 1.807) is 7.05 Å². The molecule has 0 atom stereocenters. The smallest absolute Gasteiger partial charge is 0.273 e. The average Bonchev–Trinajstić information content (AvgIpc) is 2.51. The molecule has 0 fully saturated rings. The van der Waals surface area contributed by atoms with Gasteiger partial charge >= 0.3 is 0 Å². The first-order valence-corrected chi connectivity index (χ1v) is 4.73. The summed E-state index contributed by atoms with van der Waals surface area (Å²) >= 11 is 5.67. The molecule has 1 aromatic heterocycles. The largest absolute Gasteiger partial charge is 0.345 e. The Labute approximate surface area is 87.4 Å². The molecule has 78 valence electrons. The van der Waals surface area contributed by atoms with E-state index >= 15 is 0 Å². The Morgan fingerprint density at radius 3 is 2.79 bits per heavy atom. The molecule has 0 aromatic carbocycles. The molecule has 0 aliphatic heterocycles. The number of carbonyl (C=O) groups is 1. The van der Waals surface area contributed by atoms with Crippen LogP contribution in [0.1, 0.15) is 24.3 Å². The van der Waals surface area contributed by atoms with Crippen LogP contribution in [0, 0.1) is 0 Å². The van der Waals surface area contributed by atoms with Crippen LogP contribution >= 0.6 is 11.6 Å². The minimum Gasteiger partial charge on any atom is -0.345 e. The van der Waals surface area contributed by atoms with Crippen molar-refractivity contribution < 1.29 is 4.79 Å². The molecule has 0 saturated heterocycles. The van der Waals surface area contributed by atoms with Crippen LogP contribution in [0.25, 0.3) is 0 Å². The predicted octanol–water partition coefficient (Wildman–Crippen LogP) is 0.562. The van der Waals surface area contributed by atoms with Crippen molar-refractivity contribution in [2.24, 2.45) is 7.05 Å². The summed E-state index contributed by atoms with van der Waals surface area (Å²) in [5, 5.41) is 10.4. The summed E-state index contributed by atoms with van der Waals surface area (Å²) in [5.41, 5.74) is -0.137. The number of hydrogen-bond acceptors (Lipinski definition) is 3. The summed E-state index contributed by atoms with van der Waals surface area (Å²) in [6.45, 7) is 3.68. The van der Waals surface area contributed by atoms with Crippen molar-refractivity contribution in [2.45, 2.75) is 19.4 Å². The molecule has 0 aliphatic carbocycles. The Bertz CT molecular complexity index is 334. The molecular formula is C8H13ClN4O. The standard InChI is InChI=1S/C8H13ClN4O/c1-8(2,5-9)11-7(14)6-4-10-13(3)12-6/h4H,5H2,1-3H3,(H,11,14). The van der Waals surface area contributed by atoms with Gasteiger partial charge in [-0.15, -0.1) is 16.7 Å². The minimum atomic E-state index is -0.434. The monoisotopic (exact) mass is 216 g/mol. The molecule has 6 heteroatoms. The van der Waals surface area contributed by atoms with Crippen LogP contribution in [0.4, 0.5) is 0 Å². The maximum Gasteiger partial charge on any atom is 0.273 e. The number of rotatable bonds is 3. The van der Waals surface area contributed by atoms with E-state index in [-0.39, 0.29) is 5.91 Å². The van der Waals surface area contributed by atoms with Crippen LogP contribution in [0.15, 0.2) is 6.20 Å². The molecule has 5 nitrogen and oxygen atoms in total. The van der Waals surface area contributed by atoms with Crippen molar-refractivity contribution in [2.75, 3.05) is 5.88 Å². The molecule has 0 unspecified atom stereocenters. The van der Waals surface area contributed by atoms with Gasteiger partial charge in [-0.1, -0.05) is 0 Å². The fourth-order valence-corrected chi connectivity index (χ4v) is 0.921. The van der Waals surface area contributed by atoms with E-state index in [0.29, 0.717) is 11.6 Å². The van der Waals surface area contributed by atoms with Gasteiger partial charge < -0.3 is 5.32 Å². The molecule has 0 spiro atoms. The summed E-state index contributed by atoms with van der Waals surface area (Å²) in [6, 6.07) is 0. The van der Waals surface area contributed by atoms with E-state index < -0.39 is 5.54 Å². The average molecular weight is 217 g/mol. The van der Waals surface area contributed by atoms with Gasteiger partial charge in [-0.05, 0) is 13.8 Å². The molecule has 1 aromatic rings. The van der Waals surface area contributed by atoms with Gasteiger partial charge in [0.15, 0.2) is 5.69 Å². The predicted molar refractivity (Wildman–Crippen MR) is 53.3 cm³/mol. The fourth-order valence-electron chi connectivity index (χ4n) is 0.855. The quantitative estimate of drug-likeness (QED) is 0.752. The number of alkyl halides is 1. The van der Waals surface area contributed by atoms with Crippen molar-refractivity contribution in [1.82, 2.24) is 20.3 Å². The summed E-state index contributed by atoms with van der Waals surface area (Å²) in [6.07, 6.45) is 1.42. The Balaban J connectivity index is 2.68. The lowest BCUT2D eigenvalue weighted by Crippen LogP contribution is -2.45. The molecule has 0 bridgehead atoms. The molecule has 0 saturated carbocycles. The molecule has 0 radical (unpaired) electrons. The van der Waals surface area contributed by atoms with Gasteiger partial charge in [0.2, 0.25) is 0 Å². The van der Waals surface area contributed by atoms with Crippen LogP contribution in [0.3, 0.4) is 0 Å². The highest BCUT2D eigenvalue weighted by molar-refractivity contribution is 6.18. The number of halogens is 1. The zero-order valence-electron chi connectivity index (χ0n) is 8.41. The number of amides is 1. The van der Waals surface area contributed by atoms with E-state index in [0.717, 1.165) is 0 Å². The van der Waals surface area contributed by atoms with E-state index in [1.807, 2.05) is 13.8 Å². The Morgan fingerprint density at radius 2 is 2.36 bits per heavy atom. The topological polar surface area (TPSA) is 59.8 Å². The number of nitrogens with zero attached hydrogens (tertiary/aromatic N) is 3. The lowest BCUT2D eigenvalue weighted by Gasteiger charge is -2.22. The highest BCUT2D eigenvalue weighted by atomic mass is 35.5. The van der Waals surface area contributed by atoms with Gasteiger partial charge in [0.05, 0.1) is 6.20 Å². The van der Waals surface area contributed by atoms with Crippen LogP contribution < -0.4 is 5.32 Å². The van der Waals surface area contributed by atoms with Crippen molar-refractivity contribution in [3.05, 3.63) is 11.9 Å². The van der Waals surface area contributed by atoms with Gasteiger partial charge in [0.25, 0.3) is 5.91 Å². The Kier molecular flexibility index (Phi) is 3.10. The van der Waals surface area contributed by atoms with Crippen LogP contribution in [0.5, 0.6) is 0 Å². The van der Waals surface area contributed by atoms with Crippen LogP contribution in [-0.2, 0) is 7.05 Å². The fraction of sp³-hybridized carbons (Fsp3) is 0.625. The second kappa shape index (κ2) is 3.96. The van der Waals surface area contributed by atoms with Gasteiger partial charge in [-0.25, -0.2) is 0 Å². The van der Waals surface area contributed by atoms with Crippen molar-refractivity contribution in [3.8, 4) is 0 Å².